The van der Waals surface area contributed by atoms with Crippen LogP contribution in [0, 0.1) is 0 Å². The Morgan fingerprint density at radius 1 is 1.00 bits per heavy atom. The van der Waals surface area contributed by atoms with Crippen molar-refractivity contribution in [3.05, 3.63) is 0 Å². The van der Waals surface area contributed by atoms with E-state index in [2.05, 4.69) is 17.6 Å². The van der Waals surface area contributed by atoms with Crippen LogP contribution < -0.4 is 15.7 Å². The highest BCUT2D eigenvalue weighted by Gasteiger charge is 2.20. The second-order valence-electron chi connectivity index (χ2n) is 7.27. The van der Waals surface area contributed by atoms with E-state index in [0.29, 0.717) is 17.6 Å². The van der Waals surface area contributed by atoms with E-state index in [1.54, 1.807) is 0 Å². The molecule has 0 saturated carbocycles. The number of aliphatic carboxylic acids is 1. The summed E-state index contributed by atoms with van der Waals surface area (Å²) in [5, 5.41) is 16.3. The average molecular weight is 329 g/mol. The van der Waals surface area contributed by atoms with E-state index in [0.717, 1.165) is 12.8 Å². The molecule has 6 nitrogen and oxygen atoms in total. The minimum Gasteiger partial charge on any atom is -0.550 e. The fourth-order valence-electron chi connectivity index (χ4n) is 2.54. The molecule has 0 aliphatic rings. The molecule has 0 bridgehead atoms. The van der Waals surface area contributed by atoms with Crippen LogP contribution in [0.4, 0.5) is 4.79 Å². The number of hydrogen-bond donors (Lipinski definition) is 2. The first-order valence-electron chi connectivity index (χ1n) is 8.79. The van der Waals surface area contributed by atoms with E-state index in [9.17, 15) is 14.7 Å². The van der Waals surface area contributed by atoms with E-state index in [4.69, 9.17) is 0 Å². The van der Waals surface area contributed by atoms with Crippen molar-refractivity contribution in [3.63, 3.8) is 0 Å². The summed E-state index contributed by atoms with van der Waals surface area (Å²) >= 11 is 0. The average Bonchev–Trinajstić information content (AvgIpc) is 2.39. The SMILES string of the molecule is CCCCCCCCCNC(=O)N[C@H](CC(=O)[O-])C[N+](C)(C)C. The lowest BCUT2D eigenvalue weighted by molar-refractivity contribution is -0.871. The molecule has 0 spiro atoms. The topological polar surface area (TPSA) is 81.3 Å². The molecule has 1 atom stereocenters. The number of carbonyl (C=O) groups excluding carboxylic acids is 2. The van der Waals surface area contributed by atoms with Crippen LogP contribution in [-0.2, 0) is 4.79 Å². The molecule has 0 aromatic heterocycles. The largest absolute Gasteiger partial charge is 0.550 e. The third-order valence-electron chi connectivity index (χ3n) is 3.58. The van der Waals surface area contributed by atoms with Gasteiger partial charge in [-0.05, 0) is 6.42 Å². The van der Waals surface area contributed by atoms with E-state index in [1.807, 2.05) is 21.1 Å². The van der Waals surface area contributed by atoms with Crippen molar-refractivity contribution >= 4 is 12.0 Å². The number of unbranched alkanes of at least 4 members (excludes halogenated alkanes) is 6. The van der Waals surface area contributed by atoms with Gasteiger partial charge in [0.15, 0.2) is 0 Å². The van der Waals surface area contributed by atoms with Crippen LogP contribution in [0.5, 0.6) is 0 Å². The van der Waals surface area contributed by atoms with Gasteiger partial charge in [0.1, 0.15) is 0 Å². The monoisotopic (exact) mass is 329 g/mol. The van der Waals surface area contributed by atoms with Crippen molar-refractivity contribution in [3.8, 4) is 0 Å². The second-order valence-corrected chi connectivity index (χ2v) is 7.27. The maximum Gasteiger partial charge on any atom is 0.315 e. The molecular formula is C17H35N3O3. The number of nitrogens with one attached hydrogen (secondary N) is 2. The Balaban J connectivity index is 3.88. The van der Waals surface area contributed by atoms with Gasteiger partial charge in [0.2, 0.25) is 0 Å². The number of amides is 2. The standard InChI is InChI=1S/C17H35N3O3/c1-5-6-7-8-9-10-11-12-18-17(23)19-15(13-16(21)22)14-20(2,3)4/h15H,5-14H2,1-4H3,(H2-,18,19,21,22,23)/t15-/m1/s1. The summed E-state index contributed by atoms with van der Waals surface area (Å²) < 4.78 is 0.579. The fraction of sp³-hybridized carbons (Fsp3) is 0.882. The third kappa shape index (κ3) is 15.4. The highest BCUT2D eigenvalue weighted by atomic mass is 16.4. The second kappa shape index (κ2) is 12.2. The van der Waals surface area contributed by atoms with Gasteiger partial charge in [-0.15, -0.1) is 0 Å². The zero-order valence-corrected chi connectivity index (χ0v) is 15.3. The van der Waals surface area contributed by atoms with E-state index in [-0.39, 0.29) is 12.5 Å². The van der Waals surface area contributed by atoms with Gasteiger partial charge < -0.3 is 25.0 Å². The number of hydrogen-bond acceptors (Lipinski definition) is 3. The molecule has 6 heteroatoms. The Morgan fingerprint density at radius 2 is 1.57 bits per heavy atom. The summed E-state index contributed by atoms with van der Waals surface area (Å²) in [5.74, 6) is -1.14. The van der Waals surface area contributed by atoms with Gasteiger partial charge in [0, 0.05) is 18.9 Å². The maximum absolute atomic E-state index is 11.9. The van der Waals surface area contributed by atoms with Crippen LogP contribution >= 0.6 is 0 Å². The lowest BCUT2D eigenvalue weighted by Gasteiger charge is -2.30. The van der Waals surface area contributed by atoms with Gasteiger partial charge >= 0.3 is 6.03 Å². The van der Waals surface area contributed by atoms with Gasteiger partial charge in [-0.2, -0.15) is 0 Å². The Kier molecular flexibility index (Phi) is 11.5. The van der Waals surface area contributed by atoms with Crippen molar-refractivity contribution in [1.29, 1.82) is 0 Å². The van der Waals surface area contributed by atoms with Crippen molar-refractivity contribution in [1.82, 2.24) is 10.6 Å². The molecule has 2 N–H and O–H groups in total. The Bertz CT molecular complexity index is 340. The van der Waals surface area contributed by atoms with Gasteiger partial charge in [-0.1, -0.05) is 45.4 Å². The summed E-state index contributed by atoms with van der Waals surface area (Å²) in [4.78, 5) is 22.6. The lowest BCUT2D eigenvalue weighted by Crippen LogP contribution is -2.53. The zero-order valence-electron chi connectivity index (χ0n) is 15.3. The molecule has 23 heavy (non-hydrogen) atoms. The molecule has 0 unspecified atom stereocenters. The normalized spacial score (nSPS) is 12.7. The van der Waals surface area contributed by atoms with Crippen molar-refractivity contribution < 1.29 is 19.2 Å². The summed E-state index contributed by atoms with van der Waals surface area (Å²) in [6.07, 6.45) is 8.22. The third-order valence-corrected chi connectivity index (χ3v) is 3.58. The Morgan fingerprint density at radius 3 is 2.09 bits per heavy atom. The van der Waals surface area contributed by atoms with Crippen molar-refractivity contribution in [2.45, 2.75) is 64.3 Å². The first-order chi connectivity index (χ1) is 10.7. The number of carboxylic acid groups (broad SMARTS) is 1. The molecule has 0 rings (SSSR count). The fourth-order valence-corrected chi connectivity index (χ4v) is 2.54. The van der Waals surface area contributed by atoms with Crippen LogP contribution in [0.15, 0.2) is 0 Å². The molecule has 0 fully saturated rings. The van der Waals surface area contributed by atoms with Crippen molar-refractivity contribution in [2.75, 3.05) is 34.2 Å². The summed E-state index contributed by atoms with van der Waals surface area (Å²) in [6.45, 7) is 3.37. The summed E-state index contributed by atoms with van der Waals surface area (Å²) in [6, 6.07) is -0.718. The van der Waals surface area contributed by atoms with Gasteiger partial charge in [-0.25, -0.2) is 4.79 Å². The van der Waals surface area contributed by atoms with Crippen molar-refractivity contribution in [2.24, 2.45) is 0 Å². The number of rotatable bonds is 13. The van der Waals surface area contributed by atoms with E-state index >= 15 is 0 Å². The highest BCUT2D eigenvalue weighted by molar-refractivity contribution is 5.75. The summed E-state index contributed by atoms with van der Waals surface area (Å²) in [5.41, 5.74) is 0. The van der Waals surface area contributed by atoms with Gasteiger partial charge in [0.05, 0.1) is 33.7 Å². The minimum atomic E-state index is -1.14. The van der Waals surface area contributed by atoms with E-state index < -0.39 is 12.0 Å². The first kappa shape index (κ1) is 21.7. The number of quaternary nitrogens is 1. The number of likely N-dealkylation sites (N-methyl/N-ethyl adjacent to an activating group) is 1. The van der Waals surface area contributed by atoms with Crippen LogP contribution in [0.2, 0.25) is 0 Å². The van der Waals surface area contributed by atoms with Gasteiger partial charge in [-0.3, -0.25) is 0 Å². The number of carboxylic acids is 1. The molecule has 2 amide bonds. The molecule has 0 aliphatic carbocycles. The Hall–Kier alpha value is -1.30. The van der Waals surface area contributed by atoms with Crippen LogP contribution in [-0.4, -0.2) is 56.8 Å². The molecule has 0 radical (unpaired) electrons. The predicted molar refractivity (Wildman–Crippen MR) is 90.8 cm³/mol. The van der Waals surface area contributed by atoms with Crippen LogP contribution in [0.1, 0.15) is 58.3 Å². The number of urea groups is 1. The van der Waals surface area contributed by atoms with Crippen LogP contribution in [0.25, 0.3) is 0 Å². The molecule has 0 saturated heterocycles. The number of nitrogens with zero attached hydrogens (tertiary/aromatic N) is 1. The molecule has 136 valence electrons. The summed E-state index contributed by atoms with van der Waals surface area (Å²) in [7, 11) is 5.88. The molecule has 0 aromatic rings. The zero-order chi connectivity index (χ0) is 17.7. The molecular weight excluding hydrogens is 294 g/mol. The smallest absolute Gasteiger partial charge is 0.315 e. The first-order valence-corrected chi connectivity index (χ1v) is 8.79. The number of carbonyl (C=O) groups is 2. The molecule has 0 heterocycles. The predicted octanol–water partition coefficient (Wildman–Crippen LogP) is 1.25. The van der Waals surface area contributed by atoms with Gasteiger partial charge in [0.25, 0.3) is 0 Å². The minimum absolute atomic E-state index is 0.166. The Labute approximate surface area is 141 Å². The van der Waals surface area contributed by atoms with Crippen LogP contribution in [0.3, 0.4) is 0 Å². The highest BCUT2D eigenvalue weighted by Crippen LogP contribution is 2.06. The van der Waals surface area contributed by atoms with E-state index in [1.165, 1.54) is 32.1 Å². The molecule has 0 aliphatic heterocycles. The lowest BCUT2D eigenvalue weighted by atomic mass is 10.1. The maximum atomic E-state index is 11.9. The molecule has 0 aromatic carbocycles. The quantitative estimate of drug-likeness (QED) is 0.394.